The third-order valence-electron chi connectivity index (χ3n) is 3.50. The zero-order chi connectivity index (χ0) is 16.8. The van der Waals surface area contributed by atoms with Gasteiger partial charge in [-0.3, -0.25) is 4.79 Å². The number of allylic oxidation sites excluding steroid dienone is 1. The van der Waals surface area contributed by atoms with E-state index in [-0.39, 0.29) is 5.78 Å². The van der Waals surface area contributed by atoms with E-state index in [1.165, 1.54) is 0 Å². The number of benzene rings is 2. The highest BCUT2D eigenvalue weighted by Crippen LogP contribution is 2.27. The molecule has 4 heteroatoms. The van der Waals surface area contributed by atoms with Gasteiger partial charge in [-0.05, 0) is 42.0 Å². The van der Waals surface area contributed by atoms with E-state index in [9.17, 15) is 4.79 Å². The summed E-state index contributed by atoms with van der Waals surface area (Å²) in [5, 5.41) is 0. The van der Waals surface area contributed by atoms with Crippen LogP contribution in [0.5, 0.6) is 11.5 Å². The van der Waals surface area contributed by atoms with E-state index in [0.717, 1.165) is 11.3 Å². The topological polar surface area (TPSA) is 38.8 Å². The maximum absolute atomic E-state index is 12.3. The van der Waals surface area contributed by atoms with Crippen molar-refractivity contribution in [2.24, 2.45) is 0 Å². The number of carbonyl (C=O) groups is 1. The number of hydrogen-bond acceptors (Lipinski definition) is 4. The minimum atomic E-state index is -0.0809. The summed E-state index contributed by atoms with van der Waals surface area (Å²) in [5.74, 6) is 1.07. The summed E-state index contributed by atoms with van der Waals surface area (Å²) in [7, 11) is 7.10. The van der Waals surface area contributed by atoms with Crippen LogP contribution in [0.25, 0.3) is 6.08 Å². The van der Waals surface area contributed by atoms with Gasteiger partial charge >= 0.3 is 0 Å². The largest absolute Gasteiger partial charge is 0.493 e. The minimum absolute atomic E-state index is 0.0809. The molecular weight excluding hydrogens is 290 g/mol. The Bertz CT molecular complexity index is 703. The van der Waals surface area contributed by atoms with Crippen molar-refractivity contribution < 1.29 is 14.3 Å². The minimum Gasteiger partial charge on any atom is -0.493 e. The van der Waals surface area contributed by atoms with Gasteiger partial charge in [0.1, 0.15) is 0 Å². The molecule has 0 atom stereocenters. The summed E-state index contributed by atoms with van der Waals surface area (Å²) < 4.78 is 10.4. The first-order valence-electron chi connectivity index (χ1n) is 7.27. The lowest BCUT2D eigenvalue weighted by molar-refractivity contribution is 0.104. The first-order valence-corrected chi connectivity index (χ1v) is 7.27. The highest BCUT2D eigenvalue weighted by atomic mass is 16.5. The smallest absolute Gasteiger partial charge is 0.185 e. The SMILES string of the molecule is COc1ccc(C(=O)/C=C\c2ccc(N(C)C)cc2)cc1OC. The lowest BCUT2D eigenvalue weighted by Crippen LogP contribution is -2.07. The average Bonchev–Trinajstić information content (AvgIpc) is 2.59. The molecule has 0 fully saturated rings. The number of anilines is 1. The Hall–Kier alpha value is -2.75. The van der Waals surface area contributed by atoms with E-state index in [4.69, 9.17) is 9.47 Å². The Morgan fingerprint density at radius 1 is 0.957 bits per heavy atom. The first-order chi connectivity index (χ1) is 11.0. The van der Waals surface area contributed by atoms with Crippen LogP contribution in [0.2, 0.25) is 0 Å². The van der Waals surface area contributed by atoms with Crippen molar-refractivity contribution in [3.05, 3.63) is 59.7 Å². The van der Waals surface area contributed by atoms with Crippen molar-refractivity contribution in [1.29, 1.82) is 0 Å². The summed E-state index contributed by atoms with van der Waals surface area (Å²) >= 11 is 0. The number of methoxy groups -OCH3 is 2. The van der Waals surface area contributed by atoms with Gasteiger partial charge in [0.2, 0.25) is 0 Å². The molecule has 0 N–H and O–H groups in total. The van der Waals surface area contributed by atoms with Crippen LogP contribution in [0.15, 0.2) is 48.5 Å². The summed E-state index contributed by atoms with van der Waals surface area (Å²) in [5.41, 5.74) is 2.65. The number of nitrogens with zero attached hydrogens (tertiary/aromatic N) is 1. The van der Waals surface area contributed by atoms with E-state index >= 15 is 0 Å². The number of rotatable bonds is 6. The van der Waals surface area contributed by atoms with Crippen molar-refractivity contribution in [2.75, 3.05) is 33.2 Å². The Balaban J connectivity index is 2.14. The fraction of sp³-hybridized carbons (Fsp3) is 0.211. The third kappa shape index (κ3) is 4.13. The fourth-order valence-electron chi connectivity index (χ4n) is 2.14. The monoisotopic (exact) mass is 311 g/mol. The summed E-state index contributed by atoms with van der Waals surface area (Å²) in [4.78, 5) is 14.3. The van der Waals surface area contributed by atoms with Crippen molar-refractivity contribution in [2.45, 2.75) is 0 Å². The van der Waals surface area contributed by atoms with Crippen molar-refractivity contribution in [1.82, 2.24) is 0 Å². The third-order valence-corrected chi connectivity index (χ3v) is 3.50. The van der Waals surface area contributed by atoms with Gasteiger partial charge in [0.05, 0.1) is 14.2 Å². The molecule has 0 spiro atoms. The summed E-state index contributed by atoms with van der Waals surface area (Å²) in [6, 6.07) is 13.1. The molecule has 2 rings (SSSR count). The Morgan fingerprint density at radius 2 is 1.61 bits per heavy atom. The van der Waals surface area contributed by atoms with Gasteiger partial charge in [0.25, 0.3) is 0 Å². The lowest BCUT2D eigenvalue weighted by atomic mass is 10.1. The quantitative estimate of drug-likeness (QED) is 0.603. The van der Waals surface area contributed by atoms with Crippen LogP contribution in [-0.4, -0.2) is 34.1 Å². The number of hydrogen-bond donors (Lipinski definition) is 0. The molecule has 0 aliphatic carbocycles. The normalized spacial score (nSPS) is 10.6. The average molecular weight is 311 g/mol. The zero-order valence-corrected chi connectivity index (χ0v) is 13.9. The molecule has 0 aromatic heterocycles. The van der Waals surface area contributed by atoms with E-state index < -0.39 is 0 Å². The molecule has 4 nitrogen and oxygen atoms in total. The van der Waals surface area contributed by atoms with Crippen LogP contribution in [0, 0.1) is 0 Å². The van der Waals surface area contributed by atoms with E-state index in [1.807, 2.05) is 43.3 Å². The molecule has 0 aliphatic heterocycles. The molecular formula is C19H21NO3. The van der Waals surface area contributed by atoms with Crippen molar-refractivity contribution in [3.8, 4) is 11.5 Å². The summed E-state index contributed by atoms with van der Waals surface area (Å²) in [6.07, 6.45) is 3.37. The zero-order valence-electron chi connectivity index (χ0n) is 13.9. The van der Waals surface area contributed by atoms with Gasteiger partial charge in [-0.1, -0.05) is 18.2 Å². The highest BCUT2D eigenvalue weighted by molar-refractivity contribution is 6.07. The molecule has 23 heavy (non-hydrogen) atoms. The molecule has 2 aromatic carbocycles. The second-order valence-electron chi connectivity index (χ2n) is 5.25. The van der Waals surface area contributed by atoms with Crippen molar-refractivity contribution in [3.63, 3.8) is 0 Å². The van der Waals surface area contributed by atoms with Gasteiger partial charge in [0, 0.05) is 25.3 Å². The van der Waals surface area contributed by atoms with Gasteiger partial charge in [-0.2, -0.15) is 0 Å². The highest BCUT2D eigenvalue weighted by Gasteiger charge is 2.08. The second kappa shape index (κ2) is 7.49. The molecule has 0 bridgehead atoms. The van der Waals surface area contributed by atoms with Crippen LogP contribution in [0.1, 0.15) is 15.9 Å². The number of ether oxygens (including phenoxy) is 2. The van der Waals surface area contributed by atoms with E-state index in [0.29, 0.717) is 17.1 Å². The van der Waals surface area contributed by atoms with Crippen LogP contribution >= 0.6 is 0 Å². The van der Waals surface area contributed by atoms with Gasteiger partial charge in [-0.15, -0.1) is 0 Å². The molecule has 2 aromatic rings. The van der Waals surface area contributed by atoms with E-state index in [2.05, 4.69) is 0 Å². The van der Waals surface area contributed by atoms with E-state index in [1.54, 1.807) is 44.6 Å². The van der Waals surface area contributed by atoms with Gasteiger partial charge < -0.3 is 14.4 Å². The van der Waals surface area contributed by atoms with Crippen LogP contribution in [0.4, 0.5) is 5.69 Å². The van der Waals surface area contributed by atoms with Gasteiger partial charge in [0.15, 0.2) is 17.3 Å². The van der Waals surface area contributed by atoms with Crippen LogP contribution in [0.3, 0.4) is 0 Å². The molecule has 120 valence electrons. The number of carbonyl (C=O) groups excluding carboxylic acids is 1. The molecule has 0 saturated carbocycles. The maximum atomic E-state index is 12.3. The molecule has 0 radical (unpaired) electrons. The van der Waals surface area contributed by atoms with Crippen LogP contribution in [-0.2, 0) is 0 Å². The lowest BCUT2D eigenvalue weighted by Gasteiger charge is -2.11. The van der Waals surface area contributed by atoms with Crippen molar-refractivity contribution >= 4 is 17.5 Å². The summed E-state index contributed by atoms with van der Waals surface area (Å²) in [6.45, 7) is 0. The molecule has 0 saturated heterocycles. The fourth-order valence-corrected chi connectivity index (χ4v) is 2.14. The number of ketones is 1. The Labute approximate surface area is 137 Å². The Kier molecular flexibility index (Phi) is 5.41. The van der Waals surface area contributed by atoms with Crippen LogP contribution < -0.4 is 14.4 Å². The first kappa shape index (κ1) is 16.6. The molecule has 0 heterocycles. The molecule has 0 unspecified atom stereocenters. The predicted octanol–water partition coefficient (Wildman–Crippen LogP) is 3.67. The maximum Gasteiger partial charge on any atom is 0.185 e. The molecule has 0 amide bonds. The predicted molar refractivity (Wildman–Crippen MR) is 93.7 cm³/mol. The second-order valence-corrected chi connectivity index (χ2v) is 5.25. The standard InChI is InChI=1S/C19H21NO3/c1-20(2)16-9-5-14(6-10-16)7-11-17(21)15-8-12-18(22-3)19(13-15)23-4/h5-13H,1-4H3/b11-7-. The Morgan fingerprint density at radius 3 is 2.17 bits per heavy atom. The van der Waals surface area contributed by atoms with Gasteiger partial charge in [-0.25, -0.2) is 0 Å². The molecule has 0 aliphatic rings.